The second-order valence-corrected chi connectivity index (χ2v) is 9.09. The molecular weight excluding hydrogens is 426 g/mol. The highest BCUT2D eigenvalue weighted by atomic mass is 32.2. The van der Waals surface area contributed by atoms with E-state index in [4.69, 9.17) is 13.9 Å². The molecule has 1 aromatic heterocycles. The van der Waals surface area contributed by atoms with E-state index in [1.54, 1.807) is 18.2 Å². The van der Waals surface area contributed by atoms with Gasteiger partial charge in [0, 0.05) is 18.7 Å². The molecule has 9 nitrogen and oxygen atoms in total. The maximum absolute atomic E-state index is 12.6. The molecule has 1 saturated heterocycles. The number of furan rings is 1. The van der Waals surface area contributed by atoms with Gasteiger partial charge in [-0.2, -0.15) is 0 Å². The van der Waals surface area contributed by atoms with Gasteiger partial charge in [0.15, 0.2) is 16.4 Å². The van der Waals surface area contributed by atoms with Crippen molar-refractivity contribution >= 4 is 27.7 Å². The van der Waals surface area contributed by atoms with Crippen molar-refractivity contribution in [2.45, 2.75) is 23.5 Å². The Morgan fingerprint density at radius 1 is 1.10 bits per heavy atom. The second kappa shape index (κ2) is 9.78. The molecule has 0 radical (unpaired) electrons. The Hall–Kier alpha value is -3.14. The maximum atomic E-state index is 12.6. The van der Waals surface area contributed by atoms with Crippen molar-refractivity contribution < 1.29 is 36.7 Å². The number of rotatable bonds is 7. The number of sulfone groups is 1. The fraction of sp³-hybridized carbons (Fsp3) is 0.381. The van der Waals surface area contributed by atoms with Crippen LogP contribution in [0.3, 0.4) is 0 Å². The fourth-order valence-corrected chi connectivity index (χ4v) is 4.73. The zero-order valence-corrected chi connectivity index (χ0v) is 17.8. The molecule has 1 aliphatic rings. The van der Waals surface area contributed by atoms with Crippen molar-refractivity contribution in [1.82, 2.24) is 4.90 Å². The Morgan fingerprint density at radius 2 is 1.77 bits per heavy atom. The number of carbonyl (C=O) groups is 3. The van der Waals surface area contributed by atoms with Crippen LogP contribution in [0.5, 0.6) is 0 Å². The highest BCUT2D eigenvalue weighted by Crippen LogP contribution is 2.21. The highest BCUT2D eigenvalue weighted by Gasteiger charge is 2.29. The van der Waals surface area contributed by atoms with Crippen LogP contribution in [0.4, 0.5) is 0 Å². The second-order valence-electron chi connectivity index (χ2n) is 7.10. The van der Waals surface area contributed by atoms with Gasteiger partial charge in [-0.1, -0.05) is 18.2 Å². The molecule has 166 valence electrons. The summed E-state index contributed by atoms with van der Waals surface area (Å²) in [6, 6.07) is 9.24. The van der Waals surface area contributed by atoms with Gasteiger partial charge in [-0.3, -0.25) is 9.59 Å². The lowest BCUT2D eigenvalue weighted by Crippen LogP contribution is -2.42. The first-order valence-electron chi connectivity index (χ1n) is 9.68. The molecule has 0 saturated carbocycles. The van der Waals surface area contributed by atoms with E-state index in [0.717, 1.165) is 0 Å². The third-order valence-electron chi connectivity index (χ3n) is 5.09. The van der Waals surface area contributed by atoms with Gasteiger partial charge in [0.25, 0.3) is 5.91 Å². The summed E-state index contributed by atoms with van der Waals surface area (Å²) in [7, 11) is -2.36. The van der Waals surface area contributed by atoms with E-state index in [1.165, 1.54) is 36.5 Å². The molecule has 1 aliphatic heterocycles. The maximum Gasteiger partial charge on any atom is 0.375 e. The van der Waals surface area contributed by atoms with E-state index in [9.17, 15) is 22.8 Å². The zero-order valence-electron chi connectivity index (χ0n) is 17.0. The molecule has 0 N–H and O–H groups in total. The van der Waals surface area contributed by atoms with Crippen LogP contribution in [0.25, 0.3) is 0 Å². The van der Waals surface area contributed by atoms with Gasteiger partial charge in [-0.05, 0) is 31.0 Å². The van der Waals surface area contributed by atoms with Gasteiger partial charge in [0.05, 0.1) is 29.9 Å². The molecular formula is C21H23NO8S. The summed E-state index contributed by atoms with van der Waals surface area (Å²) in [5.74, 6) is -2.55. The third kappa shape index (κ3) is 5.52. The van der Waals surface area contributed by atoms with Crippen molar-refractivity contribution in [2.75, 3.05) is 26.8 Å². The number of carbonyl (C=O) groups excluding carboxylic acids is 3. The Kier molecular flexibility index (Phi) is 7.11. The number of esters is 2. The number of ether oxygens (including phenoxy) is 2. The summed E-state index contributed by atoms with van der Waals surface area (Å²) in [4.78, 5) is 37.9. The Bertz CT molecular complexity index is 1040. The normalized spacial score (nSPS) is 14.8. The third-order valence-corrected chi connectivity index (χ3v) is 6.77. The Labute approximate surface area is 179 Å². The summed E-state index contributed by atoms with van der Waals surface area (Å²) >= 11 is 0. The first-order chi connectivity index (χ1) is 14.8. The van der Waals surface area contributed by atoms with E-state index in [2.05, 4.69) is 0 Å². The van der Waals surface area contributed by atoms with Gasteiger partial charge < -0.3 is 18.8 Å². The van der Waals surface area contributed by atoms with E-state index in [1.807, 2.05) is 0 Å². The van der Waals surface area contributed by atoms with Gasteiger partial charge in [0.2, 0.25) is 5.76 Å². The number of hydrogen-bond donors (Lipinski definition) is 0. The van der Waals surface area contributed by atoms with Crippen LogP contribution >= 0.6 is 0 Å². The number of benzene rings is 1. The van der Waals surface area contributed by atoms with Crippen LogP contribution in [0.2, 0.25) is 0 Å². The summed E-state index contributed by atoms with van der Waals surface area (Å²) < 4.78 is 40.0. The topological polar surface area (TPSA) is 120 Å². The molecule has 10 heteroatoms. The van der Waals surface area contributed by atoms with E-state index >= 15 is 0 Å². The number of methoxy groups -OCH3 is 1. The van der Waals surface area contributed by atoms with Crippen LogP contribution in [0.15, 0.2) is 52.0 Å². The van der Waals surface area contributed by atoms with Crippen molar-refractivity contribution in [3.8, 4) is 0 Å². The van der Waals surface area contributed by atoms with Crippen molar-refractivity contribution in [3.63, 3.8) is 0 Å². The molecule has 0 aliphatic carbocycles. The fourth-order valence-electron chi connectivity index (χ4n) is 3.36. The van der Waals surface area contributed by atoms with Gasteiger partial charge in [-0.25, -0.2) is 13.2 Å². The molecule has 1 aromatic carbocycles. The minimum atomic E-state index is -3.68. The summed E-state index contributed by atoms with van der Waals surface area (Å²) in [6.45, 7) is 0.211. The predicted molar refractivity (Wildman–Crippen MR) is 108 cm³/mol. The molecule has 3 rings (SSSR count). The van der Waals surface area contributed by atoms with Crippen LogP contribution in [-0.4, -0.2) is 58.0 Å². The summed E-state index contributed by atoms with van der Waals surface area (Å²) in [6.07, 6.45) is 2.16. The quantitative estimate of drug-likeness (QED) is 0.587. The Morgan fingerprint density at radius 3 is 2.42 bits per heavy atom. The van der Waals surface area contributed by atoms with Crippen molar-refractivity contribution in [2.24, 2.45) is 5.92 Å². The van der Waals surface area contributed by atoms with Crippen molar-refractivity contribution in [3.05, 3.63) is 54.0 Å². The smallest absolute Gasteiger partial charge is 0.375 e. The van der Waals surface area contributed by atoms with Gasteiger partial charge in [0.1, 0.15) is 0 Å². The number of amides is 1. The van der Waals surface area contributed by atoms with E-state index < -0.39 is 34.1 Å². The van der Waals surface area contributed by atoms with Crippen molar-refractivity contribution in [1.29, 1.82) is 0 Å². The van der Waals surface area contributed by atoms with Gasteiger partial charge >= 0.3 is 11.9 Å². The average Bonchev–Trinajstić information content (AvgIpc) is 3.24. The summed E-state index contributed by atoms with van der Waals surface area (Å²) in [5.41, 5.74) is 0.153. The van der Waals surface area contributed by atoms with Crippen LogP contribution in [0, 0.1) is 5.92 Å². The van der Waals surface area contributed by atoms with Crippen LogP contribution in [0.1, 0.15) is 29.0 Å². The zero-order chi connectivity index (χ0) is 22.4. The standard InChI is InChI=1S/C21H23NO8S/c1-28-20(24)15-7-10-22(11-8-15)18(23)13-30-21(25)19-16(9-12-29-19)14-31(26,27)17-5-3-2-4-6-17/h2-6,9,12,15H,7-8,10-11,13-14H2,1H3. The van der Waals surface area contributed by atoms with Crippen LogP contribution in [-0.2, 0) is 34.7 Å². The summed E-state index contributed by atoms with van der Waals surface area (Å²) in [5, 5.41) is 0. The molecule has 0 bridgehead atoms. The molecule has 0 spiro atoms. The average molecular weight is 449 g/mol. The SMILES string of the molecule is COC(=O)C1CCN(C(=O)COC(=O)c2occc2CS(=O)(=O)c2ccccc2)CC1. The lowest BCUT2D eigenvalue weighted by atomic mass is 9.97. The molecule has 2 heterocycles. The Balaban J connectivity index is 1.56. The lowest BCUT2D eigenvalue weighted by molar-refractivity contribution is -0.149. The number of piperidine rings is 1. The highest BCUT2D eigenvalue weighted by molar-refractivity contribution is 7.90. The molecule has 1 fully saturated rings. The number of hydrogen-bond acceptors (Lipinski definition) is 8. The predicted octanol–water partition coefficient (Wildman–Crippen LogP) is 1.82. The first kappa shape index (κ1) is 22.5. The minimum absolute atomic E-state index is 0.126. The minimum Gasteiger partial charge on any atom is -0.469 e. The van der Waals surface area contributed by atoms with E-state index in [-0.39, 0.29) is 28.1 Å². The van der Waals surface area contributed by atoms with E-state index in [0.29, 0.717) is 25.9 Å². The molecule has 0 atom stereocenters. The number of likely N-dealkylation sites (tertiary alicyclic amines) is 1. The first-order valence-corrected chi connectivity index (χ1v) is 11.3. The largest absolute Gasteiger partial charge is 0.469 e. The molecule has 0 unspecified atom stereocenters. The monoisotopic (exact) mass is 449 g/mol. The number of nitrogens with zero attached hydrogens (tertiary/aromatic N) is 1. The lowest BCUT2D eigenvalue weighted by Gasteiger charge is -2.30. The van der Waals surface area contributed by atoms with Crippen LogP contribution < -0.4 is 0 Å². The molecule has 31 heavy (non-hydrogen) atoms. The molecule has 2 aromatic rings. The van der Waals surface area contributed by atoms with Gasteiger partial charge in [-0.15, -0.1) is 0 Å². The molecule has 1 amide bonds.